The summed E-state index contributed by atoms with van der Waals surface area (Å²) in [4.78, 5) is 37.5. The summed E-state index contributed by atoms with van der Waals surface area (Å²) in [5, 5.41) is 4.04. The Morgan fingerprint density at radius 2 is 2.00 bits per heavy atom. The Hall–Kier alpha value is -3.39. The van der Waals surface area contributed by atoms with Crippen LogP contribution in [0, 0.1) is 6.92 Å². The van der Waals surface area contributed by atoms with Crippen molar-refractivity contribution in [3.05, 3.63) is 82.0 Å². The Balaban J connectivity index is 1.72. The number of benzene rings is 1. The van der Waals surface area contributed by atoms with E-state index in [2.05, 4.69) is 20.3 Å². The number of para-hydroxylation sites is 1. The van der Waals surface area contributed by atoms with E-state index in [0.29, 0.717) is 29.2 Å². The fourth-order valence-corrected chi connectivity index (χ4v) is 4.32. The van der Waals surface area contributed by atoms with E-state index >= 15 is 0 Å². The summed E-state index contributed by atoms with van der Waals surface area (Å²) in [5.41, 5.74) is 3.36. The number of hydrogen-bond donors (Lipinski definition) is 2. The fraction of sp³-hybridized carbons (Fsp3) is 0.250. The summed E-state index contributed by atoms with van der Waals surface area (Å²) in [5.74, 6) is 1.03. The molecule has 8 heteroatoms. The van der Waals surface area contributed by atoms with Gasteiger partial charge < -0.3 is 14.9 Å². The molecule has 0 fully saturated rings. The van der Waals surface area contributed by atoms with Crippen molar-refractivity contribution in [3.8, 4) is 11.5 Å². The molecule has 7 nitrogen and oxygen atoms in total. The van der Waals surface area contributed by atoms with Gasteiger partial charge in [0, 0.05) is 35.9 Å². The van der Waals surface area contributed by atoms with E-state index in [4.69, 9.17) is 0 Å². The smallest absolute Gasteiger partial charge is 0.254 e. The molecule has 0 unspecified atom stereocenters. The molecular formula is C24H25N5O2S. The van der Waals surface area contributed by atoms with Crippen molar-refractivity contribution < 1.29 is 4.79 Å². The van der Waals surface area contributed by atoms with Gasteiger partial charge in [0.1, 0.15) is 5.69 Å². The van der Waals surface area contributed by atoms with E-state index in [1.807, 2.05) is 55.1 Å². The van der Waals surface area contributed by atoms with Gasteiger partial charge in [0.2, 0.25) is 0 Å². The number of carbonyl (C=O) groups excluding carboxylic acids is 1. The molecule has 0 spiro atoms. The highest BCUT2D eigenvalue weighted by Gasteiger charge is 2.23. The molecule has 0 saturated carbocycles. The van der Waals surface area contributed by atoms with Gasteiger partial charge in [-0.1, -0.05) is 24.3 Å². The third-order valence-electron chi connectivity index (χ3n) is 5.57. The predicted octanol–water partition coefficient (Wildman–Crippen LogP) is 3.86. The van der Waals surface area contributed by atoms with Crippen LogP contribution in [0.2, 0.25) is 0 Å². The number of H-pyrrole nitrogens is 1. The van der Waals surface area contributed by atoms with Crippen molar-refractivity contribution in [2.24, 2.45) is 7.05 Å². The maximum absolute atomic E-state index is 13.4. The first kappa shape index (κ1) is 21.8. The van der Waals surface area contributed by atoms with E-state index in [-0.39, 0.29) is 11.5 Å². The molecule has 164 valence electrons. The van der Waals surface area contributed by atoms with Crippen molar-refractivity contribution in [1.29, 1.82) is 0 Å². The number of carbonyl (C=O) groups is 1. The molecule has 32 heavy (non-hydrogen) atoms. The third-order valence-corrected chi connectivity index (χ3v) is 6.21. The molecule has 0 aliphatic rings. The third kappa shape index (κ3) is 4.31. The standard InChI is InChI=1S/C24H25N5O2S/c1-15-22(16-8-4-5-10-20(16)29(15)2)24(31)27-17(11-13-32-3)19-14-21(30)28-23(26-19)18-9-6-7-12-25-18/h4-10,12,14,17H,11,13H2,1-3H3,(H,27,31)(H,26,28,30)/t17-/m0/s1. The Labute approximate surface area is 190 Å². The number of pyridine rings is 1. The number of aromatic amines is 1. The van der Waals surface area contributed by atoms with E-state index in [1.54, 1.807) is 30.1 Å². The van der Waals surface area contributed by atoms with Crippen molar-refractivity contribution in [2.75, 3.05) is 12.0 Å². The molecule has 3 heterocycles. The second-order valence-electron chi connectivity index (χ2n) is 7.58. The van der Waals surface area contributed by atoms with Crippen molar-refractivity contribution in [3.63, 3.8) is 0 Å². The summed E-state index contributed by atoms with van der Waals surface area (Å²) in [6.45, 7) is 1.94. The lowest BCUT2D eigenvalue weighted by molar-refractivity contribution is 0.0935. The Morgan fingerprint density at radius 1 is 1.22 bits per heavy atom. The van der Waals surface area contributed by atoms with Crippen LogP contribution in [0.4, 0.5) is 0 Å². The van der Waals surface area contributed by atoms with Gasteiger partial charge in [0.05, 0.1) is 17.3 Å². The molecule has 0 aliphatic heterocycles. The van der Waals surface area contributed by atoms with Gasteiger partial charge in [0.25, 0.3) is 11.5 Å². The predicted molar refractivity (Wildman–Crippen MR) is 129 cm³/mol. The normalized spacial score (nSPS) is 12.1. The largest absolute Gasteiger partial charge is 0.347 e. The lowest BCUT2D eigenvalue weighted by Gasteiger charge is -2.19. The van der Waals surface area contributed by atoms with E-state index in [0.717, 1.165) is 22.3 Å². The molecule has 4 aromatic rings. The second kappa shape index (κ2) is 9.40. The highest BCUT2D eigenvalue weighted by molar-refractivity contribution is 7.98. The van der Waals surface area contributed by atoms with Crippen LogP contribution in [0.25, 0.3) is 22.4 Å². The topological polar surface area (TPSA) is 92.7 Å². The van der Waals surface area contributed by atoms with E-state index in [1.165, 1.54) is 6.07 Å². The molecule has 0 bridgehead atoms. The van der Waals surface area contributed by atoms with Gasteiger partial charge >= 0.3 is 0 Å². The van der Waals surface area contributed by atoms with Crippen molar-refractivity contribution >= 4 is 28.6 Å². The lowest BCUT2D eigenvalue weighted by Crippen LogP contribution is -2.31. The highest BCUT2D eigenvalue weighted by Crippen LogP contribution is 2.26. The molecule has 4 rings (SSSR count). The molecule has 1 aromatic carbocycles. The second-order valence-corrected chi connectivity index (χ2v) is 8.56. The molecule has 0 saturated heterocycles. The minimum Gasteiger partial charge on any atom is -0.347 e. The van der Waals surface area contributed by atoms with Crippen LogP contribution in [0.15, 0.2) is 59.5 Å². The summed E-state index contributed by atoms with van der Waals surface area (Å²) < 4.78 is 2.02. The van der Waals surface area contributed by atoms with Crippen molar-refractivity contribution in [1.82, 2.24) is 24.8 Å². The van der Waals surface area contributed by atoms with Gasteiger partial charge in [0.15, 0.2) is 5.82 Å². The van der Waals surface area contributed by atoms with Crippen LogP contribution >= 0.6 is 11.8 Å². The average molecular weight is 448 g/mol. The molecule has 1 amide bonds. The summed E-state index contributed by atoms with van der Waals surface area (Å²) in [7, 11) is 1.96. The van der Waals surface area contributed by atoms with Crippen LogP contribution in [0.5, 0.6) is 0 Å². The lowest BCUT2D eigenvalue weighted by atomic mass is 10.1. The number of nitrogens with zero attached hydrogens (tertiary/aromatic N) is 3. The number of fused-ring (bicyclic) bond motifs is 1. The first-order valence-corrected chi connectivity index (χ1v) is 11.8. The maximum atomic E-state index is 13.4. The number of thioether (sulfide) groups is 1. The number of aromatic nitrogens is 4. The number of amides is 1. The summed E-state index contributed by atoms with van der Waals surface area (Å²) in [6.07, 6.45) is 4.31. The number of nitrogens with one attached hydrogen (secondary N) is 2. The molecule has 1 atom stereocenters. The molecule has 3 aromatic heterocycles. The zero-order chi connectivity index (χ0) is 22.7. The summed E-state index contributed by atoms with van der Waals surface area (Å²) >= 11 is 1.68. The number of rotatable bonds is 7. The zero-order valence-corrected chi connectivity index (χ0v) is 19.1. The van der Waals surface area contributed by atoms with Gasteiger partial charge in [-0.3, -0.25) is 14.6 Å². The van der Waals surface area contributed by atoms with E-state index in [9.17, 15) is 9.59 Å². The van der Waals surface area contributed by atoms with Gasteiger partial charge in [-0.05, 0) is 43.6 Å². The minimum absolute atomic E-state index is 0.174. The van der Waals surface area contributed by atoms with E-state index < -0.39 is 6.04 Å². The number of aryl methyl sites for hydroxylation is 1. The number of hydrogen-bond acceptors (Lipinski definition) is 5. The zero-order valence-electron chi connectivity index (χ0n) is 18.3. The van der Waals surface area contributed by atoms with Gasteiger partial charge in [-0.25, -0.2) is 4.98 Å². The minimum atomic E-state index is -0.405. The Kier molecular flexibility index (Phi) is 6.41. The highest BCUT2D eigenvalue weighted by atomic mass is 32.2. The van der Waals surface area contributed by atoms with Crippen LogP contribution in [-0.2, 0) is 7.05 Å². The molecule has 2 N–H and O–H groups in total. The quantitative estimate of drug-likeness (QED) is 0.449. The van der Waals surface area contributed by atoms with Crippen LogP contribution in [-0.4, -0.2) is 37.4 Å². The van der Waals surface area contributed by atoms with Crippen LogP contribution in [0.3, 0.4) is 0 Å². The van der Waals surface area contributed by atoms with Crippen LogP contribution < -0.4 is 10.9 Å². The molecule has 0 aliphatic carbocycles. The van der Waals surface area contributed by atoms with Crippen molar-refractivity contribution in [2.45, 2.75) is 19.4 Å². The Morgan fingerprint density at radius 3 is 2.75 bits per heavy atom. The SMILES string of the molecule is CSCC[C@H](NC(=O)c1c(C)n(C)c2ccccc12)c1cc(=O)[nH]c(-c2ccccn2)n1. The average Bonchev–Trinajstić information content (AvgIpc) is 3.07. The first-order chi connectivity index (χ1) is 15.5. The van der Waals surface area contributed by atoms with Gasteiger partial charge in [-0.2, -0.15) is 11.8 Å². The first-order valence-electron chi connectivity index (χ1n) is 10.4. The Bertz CT molecular complexity index is 1310. The monoisotopic (exact) mass is 447 g/mol. The molecular weight excluding hydrogens is 422 g/mol. The van der Waals surface area contributed by atoms with Crippen LogP contribution in [0.1, 0.15) is 34.2 Å². The van der Waals surface area contributed by atoms with Gasteiger partial charge in [-0.15, -0.1) is 0 Å². The summed E-state index contributed by atoms with van der Waals surface area (Å²) in [6, 6.07) is 14.3. The molecule has 0 radical (unpaired) electrons. The maximum Gasteiger partial charge on any atom is 0.254 e. The fourth-order valence-electron chi connectivity index (χ4n) is 3.85.